The van der Waals surface area contributed by atoms with Gasteiger partial charge in [-0.15, -0.1) is 0 Å². The molecule has 0 saturated carbocycles. The standard InChI is InChI=1S/C24H19N3O2/c28-24-18-5-1-2-6-20(18)26-22-19(24)13-27(21-7-3-4-11-25-21)23(22)17-9-8-15-14-29-12-10-16(15)17/h1-7,10-12,14,23H,8-9,13H2,(H,26,28). The van der Waals surface area contributed by atoms with Crippen molar-refractivity contribution in [3.05, 3.63) is 105 Å². The lowest BCUT2D eigenvalue weighted by atomic mass is 9.97. The molecule has 29 heavy (non-hydrogen) atoms. The van der Waals surface area contributed by atoms with E-state index in [9.17, 15) is 4.79 Å². The Morgan fingerprint density at radius 3 is 2.90 bits per heavy atom. The number of nitrogens with one attached hydrogen (secondary N) is 1. The van der Waals surface area contributed by atoms with Crippen LogP contribution in [0, 0.1) is 0 Å². The molecule has 1 N–H and O–H groups in total. The van der Waals surface area contributed by atoms with Crippen LogP contribution in [-0.2, 0) is 11.3 Å². The van der Waals surface area contributed by atoms with Crippen LogP contribution >= 0.6 is 0 Å². The molecule has 3 aliphatic rings. The number of anilines is 1. The molecule has 5 heteroatoms. The Hall–Kier alpha value is -3.60. The van der Waals surface area contributed by atoms with Crippen molar-refractivity contribution in [1.82, 2.24) is 9.97 Å². The number of ether oxygens (including phenoxy) is 1. The molecule has 2 aromatic heterocycles. The molecule has 1 aliphatic carbocycles. The molecule has 1 atom stereocenters. The van der Waals surface area contributed by atoms with E-state index in [4.69, 9.17) is 4.74 Å². The SMILES string of the molecule is O=c1c2c([nH]c3ccccc13)C(C1=C3C=COC=C3CC1)N(c1ccccn1)C2. The van der Waals surface area contributed by atoms with Gasteiger partial charge in [0.05, 0.1) is 30.8 Å². The number of benzene rings is 1. The second kappa shape index (κ2) is 6.21. The van der Waals surface area contributed by atoms with E-state index in [1.54, 1.807) is 12.5 Å². The average Bonchev–Trinajstić information content (AvgIpc) is 3.36. The number of hydrogen-bond acceptors (Lipinski definition) is 4. The Kier molecular flexibility index (Phi) is 3.50. The van der Waals surface area contributed by atoms with Crippen molar-refractivity contribution in [2.75, 3.05) is 4.90 Å². The predicted molar refractivity (Wildman–Crippen MR) is 112 cm³/mol. The summed E-state index contributed by atoms with van der Waals surface area (Å²) in [4.78, 5) is 23.7. The Balaban J connectivity index is 1.61. The van der Waals surface area contributed by atoms with Crippen LogP contribution in [0.1, 0.15) is 30.1 Å². The zero-order valence-corrected chi connectivity index (χ0v) is 15.8. The minimum atomic E-state index is -0.0409. The van der Waals surface area contributed by atoms with Crippen molar-refractivity contribution < 1.29 is 4.74 Å². The third kappa shape index (κ3) is 2.40. The number of aromatic amines is 1. The molecule has 1 unspecified atom stereocenters. The van der Waals surface area contributed by atoms with E-state index < -0.39 is 0 Å². The molecule has 0 fully saturated rings. The summed E-state index contributed by atoms with van der Waals surface area (Å²) in [6, 6.07) is 13.6. The maximum Gasteiger partial charge on any atom is 0.194 e. The number of allylic oxidation sites excluding steroid dienone is 3. The van der Waals surface area contributed by atoms with Crippen LogP contribution < -0.4 is 10.3 Å². The monoisotopic (exact) mass is 381 g/mol. The molecule has 4 heterocycles. The fourth-order valence-corrected chi connectivity index (χ4v) is 4.80. The molecule has 2 aliphatic heterocycles. The van der Waals surface area contributed by atoms with Crippen molar-refractivity contribution in [2.24, 2.45) is 0 Å². The highest BCUT2D eigenvalue weighted by atomic mass is 16.5. The van der Waals surface area contributed by atoms with E-state index in [0.29, 0.717) is 6.54 Å². The summed E-state index contributed by atoms with van der Waals surface area (Å²) in [5.41, 5.74) is 6.57. The van der Waals surface area contributed by atoms with Crippen molar-refractivity contribution in [1.29, 1.82) is 0 Å². The van der Waals surface area contributed by atoms with E-state index in [0.717, 1.165) is 40.8 Å². The Bertz CT molecular complexity index is 1280. The molecule has 0 spiro atoms. The first kappa shape index (κ1) is 16.4. The largest absolute Gasteiger partial charge is 0.472 e. The molecule has 0 radical (unpaired) electrons. The van der Waals surface area contributed by atoms with Crippen molar-refractivity contribution in [3.8, 4) is 0 Å². The fraction of sp³-hybridized carbons (Fsp3) is 0.167. The highest BCUT2D eigenvalue weighted by Crippen LogP contribution is 2.47. The average molecular weight is 381 g/mol. The van der Waals surface area contributed by atoms with Gasteiger partial charge in [-0.25, -0.2) is 4.98 Å². The van der Waals surface area contributed by atoms with Crippen LogP contribution in [0.4, 0.5) is 5.82 Å². The van der Waals surface area contributed by atoms with Crippen LogP contribution in [0.2, 0.25) is 0 Å². The van der Waals surface area contributed by atoms with Crippen LogP contribution in [-0.4, -0.2) is 9.97 Å². The molecule has 3 aromatic rings. The molecule has 142 valence electrons. The Labute approximate surface area is 167 Å². The van der Waals surface area contributed by atoms with Crippen LogP contribution in [0.3, 0.4) is 0 Å². The quantitative estimate of drug-likeness (QED) is 0.710. The molecule has 1 aromatic carbocycles. The second-order valence-electron chi connectivity index (χ2n) is 7.63. The summed E-state index contributed by atoms with van der Waals surface area (Å²) in [7, 11) is 0. The topological polar surface area (TPSA) is 58.2 Å². The molecular weight excluding hydrogens is 362 g/mol. The summed E-state index contributed by atoms with van der Waals surface area (Å²) in [5.74, 6) is 0.882. The summed E-state index contributed by atoms with van der Waals surface area (Å²) < 4.78 is 5.39. The molecule has 6 rings (SSSR count). The minimum Gasteiger partial charge on any atom is -0.472 e. The lowest BCUT2D eigenvalue weighted by Gasteiger charge is -2.28. The lowest BCUT2D eigenvalue weighted by Crippen LogP contribution is -2.24. The van der Waals surface area contributed by atoms with Gasteiger partial charge in [0.2, 0.25) is 0 Å². The highest BCUT2D eigenvalue weighted by molar-refractivity contribution is 5.80. The summed E-state index contributed by atoms with van der Waals surface area (Å²) in [5, 5.41) is 0.739. The number of para-hydroxylation sites is 1. The van der Waals surface area contributed by atoms with Crippen LogP contribution in [0.25, 0.3) is 10.9 Å². The summed E-state index contributed by atoms with van der Waals surface area (Å²) in [6.45, 7) is 0.549. The van der Waals surface area contributed by atoms with E-state index in [1.165, 1.54) is 16.7 Å². The van der Waals surface area contributed by atoms with Crippen LogP contribution in [0.15, 0.2) is 88.8 Å². The number of H-pyrrole nitrogens is 1. The number of pyridine rings is 2. The van der Waals surface area contributed by atoms with Gasteiger partial charge in [-0.2, -0.15) is 0 Å². The first-order chi connectivity index (χ1) is 14.3. The first-order valence-corrected chi connectivity index (χ1v) is 9.87. The van der Waals surface area contributed by atoms with Crippen molar-refractivity contribution in [3.63, 3.8) is 0 Å². The normalized spacial score (nSPS) is 19.9. The van der Waals surface area contributed by atoms with E-state index in [-0.39, 0.29) is 11.5 Å². The molecule has 0 saturated heterocycles. The smallest absolute Gasteiger partial charge is 0.194 e. The molecular formula is C24H19N3O2. The first-order valence-electron chi connectivity index (χ1n) is 9.87. The van der Waals surface area contributed by atoms with Crippen molar-refractivity contribution in [2.45, 2.75) is 25.4 Å². The van der Waals surface area contributed by atoms with Gasteiger partial charge in [-0.3, -0.25) is 4.79 Å². The number of nitrogens with zero attached hydrogens (tertiary/aromatic N) is 2. The number of rotatable bonds is 2. The second-order valence-corrected chi connectivity index (χ2v) is 7.63. The number of hydrogen-bond donors (Lipinski definition) is 1. The van der Waals surface area contributed by atoms with Gasteiger partial charge < -0.3 is 14.6 Å². The van der Waals surface area contributed by atoms with Gasteiger partial charge in [0.1, 0.15) is 5.82 Å². The van der Waals surface area contributed by atoms with E-state index in [2.05, 4.69) is 14.9 Å². The van der Waals surface area contributed by atoms with Crippen molar-refractivity contribution >= 4 is 16.7 Å². The van der Waals surface area contributed by atoms with Gasteiger partial charge in [0.25, 0.3) is 0 Å². The zero-order chi connectivity index (χ0) is 19.4. The van der Waals surface area contributed by atoms with Crippen LogP contribution in [0.5, 0.6) is 0 Å². The lowest BCUT2D eigenvalue weighted by molar-refractivity contribution is 0.393. The summed E-state index contributed by atoms with van der Waals surface area (Å²) in [6.07, 6.45) is 9.32. The van der Waals surface area contributed by atoms with E-state index in [1.807, 2.05) is 54.8 Å². The third-order valence-corrected chi connectivity index (χ3v) is 6.11. The Morgan fingerprint density at radius 2 is 2.00 bits per heavy atom. The van der Waals surface area contributed by atoms with Gasteiger partial charge in [0, 0.05) is 22.7 Å². The number of aromatic nitrogens is 2. The summed E-state index contributed by atoms with van der Waals surface area (Å²) >= 11 is 0. The van der Waals surface area contributed by atoms with E-state index >= 15 is 0 Å². The number of fused-ring (bicyclic) bond motifs is 3. The zero-order valence-electron chi connectivity index (χ0n) is 15.8. The minimum absolute atomic E-state index is 0.0409. The Morgan fingerprint density at radius 1 is 1.10 bits per heavy atom. The molecule has 0 bridgehead atoms. The van der Waals surface area contributed by atoms with Gasteiger partial charge in [-0.1, -0.05) is 18.2 Å². The fourth-order valence-electron chi connectivity index (χ4n) is 4.80. The predicted octanol–water partition coefficient (Wildman–Crippen LogP) is 4.50. The third-order valence-electron chi connectivity index (χ3n) is 6.11. The maximum absolute atomic E-state index is 13.3. The molecule has 5 nitrogen and oxygen atoms in total. The van der Waals surface area contributed by atoms with Gasteiger partial charge in [0.15, 0.2) is 5.43 Å². The molecule has 0 amide bonds. The maximum atomic E-state index is 13.3. The highest BCUT2D eigenvalue weighted by Gasteiger charge is 2.39. The van der Waals surface area contributed by atoms with Gasteiger partial charge >= 0.3 is 0 Å². The van der Waals surface area contributed by atoms with Gasteiger partial charge in [-0.05, 0) is 59.9 Å².